The Hall–Kier alpha value is -3.07. The Morgan fingerprint density at radius 2 is 1.67 bits per heavy atom. The maximum atomic E-state index is 12.5. The standard InChI is InChI=1S/C23H13Cl2F3N2O2S/c24-15-5-10-18(19(25)11-15)20-12-33-22(30-20)14-3-1-13(2-4-14)21(31)29-16-6-8-17(9-7-16)32-23(26,27)28/h1-12H,(H,29,31). The highest BCUT2D eigenvalue weighted by molar-refractivity contribution is 7.13. The average molecular weight is 509 g/mol. The molecule has 0 aliphatic heterocycles. The Morgan fingerprint density at radius 1 is 0.970 bits per heavy atom. The van der Waals surface area contributed by atoms with Crippen LogP contribution in [0.5, 0.6) is 5.75 Å². The lowest BCUT2D eigenvalue weighted by Crippen LogP contribution is -2.17. The lowest BCUT2D eigenvalue weighted by atomic mass is 10.1. The smallest absolute Gasteiger partial charge is 0.406 e. The number of amides is 1. The lowest BCUT2D eigenvalue weighted by Gasteiger charge is -2.10. The van der Waals surface area contributed by atoms with Gasteiger partial charge in [-0.15, -0.1) is 24.5 Å². The third-order valence-electron chi connectivity index (χ3n) is 4.45. The van der Waals surface area contributed by atoms with Gasteiger partial charge >= 0.3 is 6.36 Å². The fraction of sp³-hybridized carbons (Fsp3) is 0.0435. The van der Waals surface area contributed by atoms with Gasteiger partial charge < -0.3 is 10.1 Å². The Kier molecular flexibility index (Phi) is 6.60. The maximum Gasteiger partial charge on any atom is 0.573 e. The summed E-state index contributed by atoms with van der Waals surface area (Å²) < 4.78 is 40.5. The van der Waals surface area contributed by atoms with Crippen LogP contribution in [0.2, 0.25) is 10.0 Å². The van der Waals surface area contributed by atoms with E-state index >= 15 is 0 Å². The molecule has 1 heterocycles. The molecule has 0 aliphatic rings. The molecule has 1 amide bonds. The largest absolute Gasteiger partial charge is 0.573 e. The molecule has 168 valence electrons. The second-order valence-corrected chi connectivity index (χ2v) is 8.47. The first-order valence-corrected chi connectivity index (χ1v) is 11.0. The normalized spacial score (nSPS) is 11.3. The lowest BCUT2D eigenvalue weighted by molar-refractivity contribution is -0.274. The van der Waals surface area contributed by atoms with Gasteiger partial charge in [0.1, 0.15) is 10.8 Å². The molecule has 3 aromatic carbocycles. The van der Waals surface area contributed by atoms with Crippen molar-refractivity contribution >= 4 is 46.1 Å². The van der Waals surface area contributed by atoms with Gasteiger partial charge in [0.25, 0.3) is 5.91 Å². The van der Waals surface area contributed by atoms with Gasteiger partial charge in [0.2, 0.25) is 0 Å². The van der Waals surface area contributed by atoms with Crippen LogP contribution >= 0.6 is 34.5 Å². The van der Waals surface area contributed by atoms with Crippen LogP contribution in [0.4, 0.5) is 18.9 Å². The minimum atomic E-state index is -4.77. The molecule has 10 heteroatoms. The van der Waals surface area contributed by atoms with Gasteiger partial charge in [0.15, 0.2) is 0 Å². The summed E-state index contributed by atoms with van der Waals surface area (Å²) in [5.41, 5.74) is 3.03. The van der Waals surface area contributed by atoms with E-state index in [1.165, 1.54) is 23.5 Å². The number of ether oxygens (including phenoxy) is 1. The van der Waals surface area contributed by atoms with Gasteiger partial charge in [-0.2, -0.15) is 0 Å². The van der Waals surface area contributed by atoms with Gasteiger partial charge in [0.05, 0.1) is 10.7 Å². The van der Waals surface area contributed by atoms with E-state index in [2.05, 4.69) is 15.0 Å². The van der Waals surface area contributed by atoms with Gasteiger partial charge in [-0.3, -0.25) is 4.79 Å². The number of carbonyl (C=O) groups excluding carboxylic acids is 1. The monoisotopic (exact) mass is 508 g/mol. The average Bonchev–Trinajstić information content (AvgIpc) is 3.24. The molecular weight excluding hydrogens is 496 g/mol. The number of nitrogens with one attached hydrogen (secondary N) is 1. The number of anilines is 1. The zero-order valence-corrected chi connectivity index (χ0v) is 18.8. The molecule has 1 N–H and O–H groups in total. The highest BCUT2D eigenvalue weighted by Gasteiger charge is 2.31. The molecule has 4 rings (SSSR count). The van der Waals surface area contributed by atoms with Crippen molar-refractivity contribution in [1.82, 2.24) is 4.98 Å². The van der Waals surface area contributed by atoms with Crippen molar-refractivity contribution in [2.75, 3.05) is 5.32 Å². The molecule has 0 radical (unpaired) electrons. The van der Waals surface area contributed by atoms with Crippen molar-refractivity contribution in [1.29, 1.82) is 0 Å². The zero-order chi connectivity index (χ0) is 23.6. The zero-order valence-electron chi connectivity index (χ0n) is 16.5. The fourth-order valence-electron chi connectivity index (χ4n) is 2.93. The number of benzene rings is 3. The number of rotatable bonds is 5. The SMILES string of the molecule is O=C(Nc1ccc(OC(F)(F)F)cc1)c1ccc(-c2nc(-c3ccc(Cl)cc3Cl)cs2)cc1. The van der Waals surface area contributed by atoms with Crippen molar-refractivity contribution in [3.05, 3.63) is 87.7 Å². The van der Waals surface area contributed by atoms with Crippen molar-refractivity contribution in [3.63, 3.8) is 0 Å². The van der Waals surface area contributed by atoms with E-state index in [4.69, 9.17) is 23.2 Å². The van der Waals surface area contributed by atoms with Crippen LogP contribution in [-0.4, -0.2) is 17.3 Å². The Morgan fingerprint density at radius 3 is 2.30 bits per heavy atom. The van der Waals surface area contributed by atoms with Crippen LogP contribution in [0.25, 0.3) is 21.8 Å². The predicted molar refractivity (Wildman–Crippen MR) is 124 cm³/mol. The van der Waals surface area contributed by atoms with E-state index in [1.807, 2.05) is 5.38 Å². The van der Waals surface area contributed by atoms with Crippen molar-refractivity contribution < 1.29 is 22.7 Å². The summed E-state index contributed by atoms with van der Waals surface area (Å²) in [6.45, 7) is 0. The molecule has 0 aliphatic carbocycles. The molecule has 0 saturated carbocycles. The predicted octanol–water partition coefficient (Wildman–Crippen LogP) is 7.93. The van der Waals surface area contributed by atoms with Crippen molar-refractivity contribution in [2.45, 2.75) is 6.36 Å². The Bertz CT molecular complexity index is 1290. The fourth-order valence-corrected chi connectivity index (χ4v) is 4.27. The summed E-state index contributed by atoms with van der Waals surface area (Å²) in [6.07, 6.45) is -4.77. The summed E-state index contributed by atoms with van der Waals surface area (Å²) >= 11 is 13.6. The summed E-state index contributed by atoms with van der Waals surface area (Å²) in [4.78, 5) is 17.1. The van der Waals surface area contributed by atoms with Crippen LogP contribution in [0.1, 0.15) is 10.4 Å². The second-order valence-electron chi connectivity index (χ2n) is 6.77. The number of alkyl halides is 3. The summed E-state index contributed by atoms with van der Waals surface area (Å²) in [6, 6.07) is 16.9. The number of aromatic nitrogens is 1. The minimum Gasteiger partial charge on any atom is -0.406 e. The summed E-state index contributed by atoms with van der Waals surface area (Å²) in [5, 5.41) is 6.31. The van der Waals surface area contributed by atoms with Crippen LogP contribution < -0.4 is 10.1 Å². The number of carbonyl (C=O) groups is 1. The first-order chi connectivity index (χ1) is 15.7. The van der Waals surface area contributed by atoms with Gasteiger partial charge in [0, 0.05) is 32.8 Å². The number of hydrogen-bond donors (Lipinski definition) is 1. The first kappa shape index (κ1) is 23.1. The topological polar surface area (TPSA) is 51.2 Å². The van der Waals surface area contributed by atoms with Gasteiger partial charge in [-0.1, -0.05) is 35.3 Å². The van der Waals surface area contributed by atoms with Crippen molar-refractivity contribution in [3.8, 4) is 27.6 Å². The van der Waals surface area contributed by atoms with Crippen LogP contribution in [-0.2, 0) is 0 Å². The quantitative estimate of drug-likeness (QED) is 0.297. The van der Waals surface area contributed by atoms with E-state index in [0.29, 0.717) is 21.3 Å². The Labute approximate surface area is 200 Å². The highest BCUT2D eigenvalue weighted by atomic mass is 35.5. The number of nitrogens with zero attached hydrogens (tertiary/aromatic N) is 1. The molecule has 0 atom stereocenters. The molecular formula is C23H13Cl2F3N2O2S. The summed E-state index contributed by atoms with van der Waals surface area (Å²) in [5.74, 6) is -0.772. The van der Waals surface area contributed by atoms with E-state index in [9.17, 15) is 18.0 Å². The van der Waals surface area contributed by atoms with Crippen LogP contribution in [0, 0.1) is 0 Å². The van der Waals surface area contributed by atoms with Crippen molar-refractivity contribution in [2.24, 2.45) is 0 Å². The Balaban J connectivity index is 1.44. The molecule has 0 saturated heterocycles. The van der Waals surface area contributed by atoms with Gasteiger partial charge in [-0.05, 0) is 54.6 Å². The molecule has 0 spiro atoms. The third-order valence-corrected chi connectivity index (χ3v) is 5.89. The van der Waals surface area contributed by atoms with E-state index in [0.717, 1.165) is 34.0 Å². The molecule has 0 unspecified atom stereocenters. The number of hydrogen-bond acceptors (Lipinski definition) is 4. The van der Waals surface area contributed by atoms with Gasteiger partial charge in [-0.25, -0.2) is 4.98 Å². The molecule has 33 heavy (non-hydrogen) atoms. The molecule has 4 aromatic rings. The highest BCUT2D eigenvalue weighted by Crippen LogP contribution is 2.34. The number of thiazole rings is 1. The molecule has 1 aromatic heterocycles. The molecule has 0 bridgehead atoms. The minimum absolute atomic E-state index is 0.336. The molecule has 0 fully saturated rings. The summed E-state index contributed by atoms with van der Waals surface area (Å²) in [7, 11) is 0. The maximum absolute atomic E-state index is 12.5. The van der Waals surface area contributed by atoms with Crippen LogP contribution in [0.3, 0.4) is 0 Å². The third kappa shape index (κ3) is 5.84. The number of halogens is 5. The second kappa shape index (κ2) is 9.43. The van der Waals surface area contributed by atoms with Crippen LogP contribution in [0.15, 0.2) is 72.1 Å². The van der Waals surface area contributed by atoms with E-state index in [-0.39, 0.29) is 5.75 Å². The first-order valence-electron chi connectivity index (χ1n) is 9.36. The van der Waals surface area contributed by atoms with E-state index < -0.39 is 12.3 Å². The molecule has 4 nitrogen and oxygen atoms in total. The van der Waals surface area contributed by atoms with E-state index in [1.54, 1.807) is 42.5 Å².